The number of hydrogen-bond acceptors (Lipinski definition) is 4. The van der Waals surface area contributed by atoms with Crippen LogP contribution in [-0.2, 0) is 9.53 Å². The van der Waals surface area contributed by atoms with E-state index in [1.54, 1.807) is 0 Å². The van der Waals surface area contributed by atoms with Gasteiger partial charge in [-0.05, 0) is 66.3 Å². The maximum absolute atomic E-state index is 12.3. The van der Waals surface area contributed by atoms with E-state index in [2.05, 4.69) is 12.2 Å². The molecule has 1 aliphatic heterocycles. The summed E-state index contributed by atoms with van der Waals surface area (Å²) >= 11 is 0. The molecular weight excluding hydrogens is 294 g/mol. The van der Waals surface area contributed by atoms with Crippen LogP contribution in [0, 0.1) is 0 Å². The summed E-state index contributed by atoms with van der Waals surface area (Å²) in [5.74, 6) is -0.239. The number of likely N-dealkylation sites (tertiary alicyclic amines) is 1. The minimum atomic E-state index is -0.450. The summed E-state index contributed by atoms with van der Waals surface area (Å²) in [6.07, 6.45) is 5.01. The molecule has 1 rings (SSSR count). The Morgan fingerprint density at radius 2 is 2.04 bits per heavy atom. The van der Waals surface area contributed by atoms with Crippen LogP contribution in [-0.4, -0.2) is 47.7 Å². The van der Waals surface area contributed by atoms with Crippen molar-refractivity contribution >= 4 is 12.0 Å². The molecule has 0 radical (unpaired) electrons. The van der Waals surface area contributed by atoms with E-state index < -0.39 is 5.60 Å². The van der Waals surface area contributed by atoms with Crippen LogP contribution in [0.1, 0.15) is 66.2 Å². The Labute approximate surface area is 140 Å². The number of nitrogens with two attached hydrogens (primary N) is 1. The van der Waals surface area contributed by atoms with Crippen molar-refractivity contribution in [1.29, 1.82) is 0 Å². The SMILES string of the molecule is CC(CC1CCCN1C(=O)OC(C)(C)C)NCCCCC(N)=O. The molecule has 1 saturated heterocycles. The lowest BCUT2D eigenvalue weighted by molar-refractivity contribution is -0.118. The zero-order chi connectivity index (χ0) is 17.5. The molecule has 0 spiro atoms. The number of nitrogens with one attached hydrogen (secondary N) is 1. The second-order valence-corrected chi connectivity index (χ2v) is 7.48. The summed E-state index contributed by atoms with van der Waals surface area (Å²) in [5.41, 5.74) is 4.67. The molecule has 0 bridgehead atoms. The topological polar surface area (TPSA) is 84.7 Å². The Balaban J connectivity index is 2.31. The van der Waals surface area contributed by atoms with E-state index in [4.69, 9.17) is 10.5 Å². The maximum atomic E-state index is 12.3. The predicted molar refractivity (Wildman–Crippen MR) is 91.1 cm³/mol. The van der Waals surface area contributed by atoms with Crippen LogP contribution in [0.4, 0.5) is 4.79 Å². The van der Waals surface area contributed by atoms with Crippen LogP contribution in [0.3, 0.4) is 0 Å². The van der Waals surface area contributed by atoms with Gasteiger partial charge in [0.25, 0.3) is 0 Å². The lowest BCUT2D eigenvalue weighted by Gasteiger charge is -2.30. The summed E-state index contributed by atoms with van der Waals surface area (Å²) in [6, 6.07) is 0.578. The van der Waals surface area contributed by atoms with E-state index in [0.29, 0.717) is 12.5 Å². The van der Waals surface area contributed by atoms with Crippen molar-refractivity contribution in [2.75, 3.05) is 13.1 Å². The lowest BCUT2D eigenvalue weighted by Crippen LogP contribution is -2.42. The first-order valence-electron chi connectivity index (χ1n) is 8.70. The lowest BCUT2D eigenvalue weighted by atomic mass is 10.1. The molecule has 1 aliphatic rings. The third-order valence-corrected chi connectivity index (χ3v) is 3.97. The smallest absolute Gasteiger partial charge is 0.410 e. The number of rotatable bonds is 8. The highest BCUT2D eigenvalue weighted by atomic mass is 16.6. The number of amides is 2. The second-order valence-electron chi connectivity index (χ2n) is 7.48. The molecule has 0 aliphatic carbocycles. The van der Waals surface area contributed by atoms with Gasteiger partial charge in [0.15, 0.2) is 0 Å². The van der Waals surface area contributed by atoms with Crippen LogP contribution in [0.5, 0.6) is 0 Å². The molecule has 23 heavy (non-hydrogen) atoms. The zero-order valence-electron chi connectivity index (χ0n) is 15.1. The van der Waals surface area contributed by atoms with Crippen molar-refractivity contribution in [2.24, 2.45) is 5.73 Å². The van der Waals surface area contributed by atoms with Gasteiger partial charge in [0.2, 0.25) is 5.91 Å². The van der Waals surface area contributed by atoms with Gasteiger partial charge in [0, 0.05) is 25.0 Å². The van der Waals surface area contributed by atoms with Crippen molar-refractivity contribution in [3.05, 3.63) is 0 Å². The first-order valence-corrected chi connectivity index (χ1v) is 8.70. The largest absolute Gasteiger partial charge is 0.444 e. The minimum Gasteiger partial charge on any atom is -0.444 e. The number of carbonyl (C=O) groups is 2. The Morgan fingerprint density at radius 1 is 1.35 bits per heavy atom. The van der Waals surface area contributed by atoms with Gasteiger partial charge in [-0.2, -0.15) is 0 Å². The van der Waals surface area contributed by atoms with Crippen molar-refractivity contribution < 1.29 is 14.3 Å². The molecule has 6 nitrogen and oxygen atoms in total. The summed E-state index contributed by atoms with van der Waals surface area (Å²) < 4.78 is 5.49. The normalized spacial score (nSPS) is 19.7. The van der Waals surface area contributed by atoms with Crippen molar-refractivity contribution in [1.82, 2.24) is 10.2 Å². The summed E-state index contributed by atoms with van der Waals surface area (Å²) in [7, 11) is 0. The van der Waals surface area contributed by atoms with Gasteiger partial charge >= 0.3 is 6.09 Å². The summed E-state index contributed by atoms with van der Waals surface area (Å²) in [4.78, 5) is 24.8. The highest BCUT2D eigenvalue weighted by molar-refractivity contribution is 5.73. The fraction of sp³-hybridized carbons (Fsp3) is 0.882. The van der Waals surface area contributed by atoms with Crippen LogP contribution in [0.15, 0.2) is 0 Å². The molecule has 3 N–H and O–H groups in total. The highest BCUT2D eigenvalue weighted by Gasteiger charge is 2.32. The fourth-order valence-electron chi connectivity index (χ4n) is 2.91. The van der Waals surface area contributed by atoms with Crippen LogP contribution < -0.4 is 11.1 Å². The Hall–Kier alpha value is -1.30. The molecular formula is C17H33N3O3. The molecule has 0 aromatic rings. The summed E-state index contributed by atoms with van der Waals surface area (Å²) in [5, 5.41) is 3.46. The van der Waals surface area contributed by atoms with Gasteiger partial charge in [-0.3, -0.25) is 4.79 Å². The van der Waals surface area contributed by atoms with E-state index >= 15 is 0 Å². The maximum Gasteiger partial charge on any atom is 0.410 e. The molecule has 6 heteroatoms. The zero-order valence-corrected chi connectivity index (χ0v) is 15.1. The molecule has 2 unspecified atom stereocenters. The number of unbranched alkanes of at least 4 members (excludes halogenated alkanes) is 1. The fourth-order valence-corrected chi connectivity index (χ4v) is 2.91. The van der Waals surface area contributed by atoms with E-state index in [0.717, 1.165) is 45.2 Å². The number of ether oxygens (including phenoxy) is 1. The molecule has 1 heterocycles. The quantitative estimate of drug-likeness (QED) is 0.671. The third kappa shape index (κ3) is 8.21. The number of nitrogens with zero attached hydrogens (tertiary/aromatic N) is 1. The molecule has 2 atom stereocenters. The van der Waals surface area contributed by atoms with Gasteiger partial charge in [0.05, 0.1) is 0 Å². The molecule has 0 saturated carbocycles. The van der Waals surface area contributed by atoms with Crippen molar-refractivity contribution in [3.63, 3.8) is 0 Å². The van der Waals surface area contributed by atoms with E-state index in [1.165, 1.54) is 0 Å². The molecule has 0 aromatic heterocycles. The Kier molecular flexibility index (Phi) is 7.82. The average Bonchev–Trinajstić information content (AvgIpc) is 2.84. The van der Waals surface area contributed by atoms with E-state index in [-0.39, 0.29) is 18.0 Å². The van der Waals surface area contributed by atoms with E-state index in [1.807, 2.05) is 25.7 Å². The number of primary amides is 1. The van der Waals surface area contributed by atoms with Crippen molar-refractivity contribution in [3.8, 4) is 0 Å². The van der Waals surface area contributed by atoms with E-state index in [9.17, 15) is 9.59 Å². The Morgan fingerprint density at radius 3 is 2.65 bits per heavy atom. The van der Waals surface area contributed by atoms with Crippen LogP contribution >= 0.6 is 0 Å². The minimum absolute atomic E-state index is 0.200. The Bertz CT molecular complexity index is 393. The average molecular weight is 327 g/mol. The van der Waals surface area contributed by atoms with Crippen LogP contribution in [0.2, 0.25) is 0 Å². The molecule has 0 aromatic carbocycles. The second kappa shape index (κ2) is 9.11. The third-order valence-electron chi connectivity index (χ3n) is 3.97. The first kappa shape index (κ1) is 19.7. The highest BCUT2D eigenvalue weighted by Crippen LogP contribution is 2.24. The standard InChI is InChI=1S/C17H33N3O3/c1-13(19-10-6-5-9-15(18)21)12-14-8-7-11-20(14)16(22)23-17(2,3)4/h13-14,19H,5-12H2,1-4H3,(H2,18,21). The summed E-state index contributed by atoms with van der Waals surface area (Å²) in [6.45, 7) is 9.48. The van der Waals surface area contributed by atoms with Gasteiger partial charge in [-0.1, -0.05) is 0 Å². The van der Waals surface area contributed by atoms with Crippen molar-refractivity contribution in [2.45, 2.75) is 83.9 Å². The molecule has 1 fully saturated rings. The van der Waals surface area contributed by atoms with Gasteiger partial charge in [0.1, 0.15) is 5.60 Å². The van der Waals surface area contributed by atoms with Gasteiger partial charge in [-0.15, -0.1) is 0 Å². The molecule has 134 valence electrons. The number of carbonyl (C=O) groups excluding carboxylic acids is 2. The van der Waals surface area contributed by atoms with Gasteiger partial charge < -0.3 is 20.7 Å². The first-order chi connectivity index (χ1) is 10.7. The van der Waals surface area contributed by atoms with Crippen LogP contribution in [0.25, 0.3) is 0 Å². The predicted octanol–water partition coefficient (Wildman–Crippen LogP) is 2.41. The molecule has 2 amide bonds. The van der Waals surface area contributed by atoms with Gasteiger partial charge in [-0.25, -0.2) is 4.79 Å². The monoisotopic (exact) mass is 327 g/mol. The number of hydrogen-bond donors (Lipinski definition) is 2.